The number of unbranched alkanes of at least 4 members (excludes halogenated alkanes) is 22. The van der Waals surface area contributed by atoms with Crippen LogP contribution in [0.1, 0.15) is 181 Å². The van der Waals surface area contributed by atoms with E-state index in [4.69, 9.17) is 0 Å². The minimum atomic E-state index is -0.0306. The Morgan fingerprint density at radius 1 is 0.333 bits per heavy atom. The number of aliphatic hydroxyl groups excluding tert-OH is 1. The molecular formula is C29H60O. The fourth-order valence-electron chi connectivity index (χ4n) is 4.59. The van der Waals surface area contributed by atoms with E-state index in [9.17, 15) is 5.11 Å². The Balaban J connectivity index is 3.10. The Morgan fingerprint density at radius 3 is 0.767 bits per heavy atom. The summed E-state index contributed by atoms with van der Waals surface area (Å²) >= 11 is 0. The van der Waals surface area contributed by atoms with Crippen molar-refractivity contribution in [1.82, 2.24) is 0 Å². The predicted octanol–water partition coefficient (Wildman–Crippen LogP) is 10.5. The Kier molecular flexibility index (Phi) is 27.0. The van der Waals surface area contributed by atoms with Gasteiger partial charge in [0, 0.05) is 0 Å². The van der Waals surface area contributed by atoms with Gasteiger partial charge in [-0.25, -0.2) is 0 Å². The molecule has 0 aliphatic heterocycles. The van der Waals surface area contributed by atoms with Gasteiger partial charge in [-0.3, -0.25) is 0 Å². The minimum Gasteiger partial charge on any atom is -0.393 e. The van der Waals surface area contributed by atoms with Gasteiger partial charge in [0.05, 0.1) is 6.10 Å². The Morgan fingerprint density at radius 2 is 0.533 bits per heavy atom. The first-order valence-electron chi connectivity index (χ1n) is 14.5. The van der Waals surface area contributed by atoms with E-state index in [0.717, 1.165) is 12.8 Å². The maximum absolute atomic E-state index is 10.1. The maximum atomic E-state index is 10.1. The van der Waals surface area contributed by atoms with Crippen LogP contribution in [-0.4, -0.2) is 11.2 Å². The van der Waals surface area contributed by atoms with E-state index in [1.54, 1.807) is 0 Å². The van der Waals surface area contributed by atoms with Gasteiger partial charge in [0.25, 0.3) is 0 Å². The van der Waals surface area contributed by atoms with Crippen molar-refractivity contribution in [3.8, 4) is 0 Å². The molecule has 0 aromatic rings. The molecule has 0 spiro atoms. The third kappa shape index (κ3) is 26.0. The molecule has 0 amide bonds. The van der Waals surface area contributed by atoms with Crippen molar-refractivity contribution in [2.75, 3.05) is 0 Å². The molecule has 0 aliphatic rings. The molecule has 0 aromatic heterocycles. The standard InChI is InChI=1S/C29H60O/c1-3-5-7-9-11-12-13-14-15-16-17-18-19-20-22-24-26-28-29(30)27-25-23-21-10-8-6-4-2/h29-30H,3-28H2,1-2H3/t29-/m1/s1. The van der Waals surface area contributed by atoms with Crippen LogP contribution in [0.5, 0.6) is 0 Å². The molecule has 0 bridgehead atoms. The van der Waals surface area contributed by atoms with Crippen molar-refractivity contribution in [3.63, 3.8) is 0 Å². The normalized spacial score (nSPS) is 12.5. The van der Waals surface area contributed by atoms with E-state index in [0.29, 0.717) is 0 Å². The van der Waals surface area contributed by atoms with Crippen LogP contribution in [0.3, 0.4) is 0 Å². The largest absolute Gasteiger partial charge is 0.393 e. The summed E-state index contributed by atoms with van der Waals surface area (Å²) in [5.74, 6) is 0. The topological polar surface area (TPSA) is 20.2 Å². The first kappa shape index (κ1) is 30.0. The Hall–Kier alpha value is -0.0400. The van der Waals surface area contributed by atoms with Crippen molar-refractivity contribution in [3.05, 3.63) is 0 Å². The van der Waals surface area contributed by atoms with E-state index in [1.165, 1.54) is 154 Å². The summed E-state index contributed by atoms with van der Waals surface area (Å²) in [5.41, 5.74) is 0. The molecule has 0 aromatic carbocycles. The van der Waals surface area contributed by atoms with E-state index in [2.05, 4.69) is 13.8 Å². The molecule has 0 saturated carbocycles. The average Bonchev–Trinajstić information content (AvgIpc) is 2.75. The Bertz CT molecular complexity index is 288. The van der Waals surface area contributed by atoms with Crippen molar-refractivity contribution < 1.29 is 5.11 Å². The maximum Gasteiger partial charge on any atom is 0.0540 e. The second-order valence-electron chi connectivity index (χ2n) is 10.0. The summed E-state index contributed by atoms with van der Waals surface area (Å²) in [6.07, 6.45) is 35.6. The zero-order valence-corrected chi connectivity index (χ0v) is 21.4. The average molecular weight is 425 g/mol. The van der Waals surface area contributed by atoms with E-state index < -0.39 is 0 Å². The summed E-state index contributed by atoms with van der Waals surface area (Å²) in [5, 5.41) is 10.1. The van der Waals surface area contributed by atoms with Gasteiger partial charge in [0.15, 0.2) is 0 Å². The molecule has 30 heavy (non-hydrogen) atoms. The summed E-state index contributed by atoms with van der Waals surface area (Å²) in [4.78, 5) is 0. The quantitative estimate of drug-likeness (QED) is 0.137. The monoisotopic (exact) mass is 424 g/mol. The molecule has 1 N–H and O–H groups in total. The van der Waals surface area contributed by atoms with Gasteiger partial charge in [0.1, 0.15) is 0 Å². The predicted molar refractivity (Wildman–Crippen MR) is 137 cm³/mol. The highest BCUT2D eigenvalue weighted by molar-refractivity contribution is 4.58. The van der Waals surface area contributed by atoms with Crippen LogP contribution >= 0.6 is 0 Å². The number of hydrogen-bond acceptors (Lipinski definition) is 1. The first-order chi connectivity index (χ1) is 14.8. The molecule has 1 nitrogen and oxygen atoms in total. The van der Waals surface area contributed by atoms with Gasteiger partial charge >= 0.3 is 0 Å². The van der Waals surface area contributed by atoms with Crippen molar-refractivity contribution in [2.24, 2.45) is 0 Å². The van der Waals surface area contributed by atoms with E-state index in [-0.39, 0.29) is 6.10 Å². The van der Waals surface area contributed by atoms with Crippen LogP contribution in [0.25, 0.3) is 0 Å². The Labute approximate surface area is 192 Å². The lowest BCUT2D eigenvalue weighted by molar-refractivity contribution is 0.147. The highest BCUT2D eigenvalue weighted by Crippen LogP contribution is 2.16. The van der Waals surface area contributed by atoms with E-state index in [1.807, 2.05) is 0 Å². The van der Waals surface area contributed by atoms with Crippen LogP contribution in [0.4, 0.5) is 0 Å². The van der Waals surface area contributed by atoms with Crippen LogP contribution in [0.2, 0.25) is 0 Å². The molecule has 1 heteroatoms. The molecule has 0 radical (unpaired) electrons. The van der Waals surface area contributed by atoms with Gasteiger partial charge < -0.3 is 5.11 Å². The lowest BCUT2D eigenvalue weighted by atomic mass is 10.0. The molecule has 0 unspecified atom stereocenters. The lowest BCUT2D eigenvalue weighted by Crippen LogP contribution is -2.05. The second kappa shape index (κ2) is 27.0. The van der Waals surface area contributed by atoms with Gasteiger partial charge in [0.2, 0.25) is 0 Å². The molecule has 0 aliphatic carbocycles. The zero-order valence-electron chi connectivity index (χ0n) is 21.4. The molecule has 1 atom stereocenters. The van der Waals surface area contributed by atoms with Crippen LogP contribution < -0.4 is 0 Å². The van der Waals surface area contributed by atoms with Gasteiger partial charge in [-0.2, -0.15) is 0 Å². The molecule has 0 fully saturated rings. The summed E-state index contributed by atoms with van der Waals surface area (Å²) in [6, 6.07) is 0. The van der Waals surface area contributed by atoms with E-state index >= 15 is 0 Å². The molecule has 182 valence electrons. The fraction of sp³-hybridized carbons (Fsp3) is 1.00. The molecule has 0 rings (SSSR count). The number of aliphatic hydroxyl groups is 1. The smallest absolute Gasteiger partial charge is 0.0540 e. The molecule has 0 saturated heterocycles. The number of hydrogen-bond donors (Lipinski definition) is 1. The third-order valence-corrected chi connectivity index (χ3v) is 6.78. The first-order valence-corrected chi connectivity index (χ1v) is 14.5. The van der Waals surface area contributed by atoms with Crippen LogP contribution in [0.15, 0.2) is 0 Å². The summed E-state index contributed by atoms with van der Waals surface area (Å²) in [6.45, 7) is 4.57. The zero-order chi connectivity index (χ0) is 22.0. The lowest BCUT2D eigenvalue weighted by Gasteiger charge is -2.10. The van der Waals surface area contributed by atoms with Crippen molar-refractivity contribution in [2.45, 2.75) is 187 Å². The van der Waals surface area contributed by atoms with Crippen molar-refractivity contribution in [1.29, 1.82) is 0 Å². The highest BCUT2D eigenvalue weighted by atomic mass is 16.3. The van der Waals surface area contributed by atoms with Gasteiger partial charge in [-0.05, 0) is 12.8 Å². The second-order valence-corrected chi connectivity index (χ2v) is 10.0. The van der Waals surface area contributed by atoms with Crippen molar-refractivity contribution >= 4 is 0 Å². The summed E-state index contributed by atoms with van der Waals surface area (Å²) < 4.78 is 0. The fourth-order valence-corrected chi connectivity index (χ4v) is 4.59. The van der Waals surface area contributed by atoms with Gasteiger partial charge in [-0.1, -0.05) is 168 Å². The minimum absolute atomic E-state index is 0.0306. The molecular weight excluding hydrogens is 364 g/mol. The SMILES string of the molecule is CCCCCCCCCCCCCCCCCCC[C@H](O)CCCCCCCCC. The van der Waals surface area contributed by atoms with Gasteiger partial charge in [-0.15, -0.1) is 0 Å². The van der Waals surface area contributed by atoms with Crippen LogP contribution in [0, 0.1) is 0 Å². The summed E-state index contributed by atoms with van der Waals surface area (Å²) in [7, 11) is 0. The highest BCUT2D eigenvalue weighted by Gasteiger charge is 2.03. The third-order valence-electron chi connectivity index (χ3n) is 6.78. The van der Waals surface area contributed by atoms with Crippen LogP contribution in [-0.2, 0) is 0 Å². The molecule has 0 heterocycles. The number of rotatable bonds is 26.